The fraction of sp³-hybridized carbons (Fsp3) is 0.500. The zero-order chi connectivity index (χ0) is 18.1. The summed E-state index contributed by atoms with van der Waals surface area (Å²) in [6.07, 6.45) is -0.633. The molecule has 0 amide bonds. The second kappa shape index (κ2) is 9.95. The van der Waals surface area contributed by atoms with Gasteiger partial charge in [-0.3, -0.25) is 0 Å². The molecule has 1 aromatic rings. The van der Waals surface area contributed by atoms with Crippen LogP contribution in [0, 0.1) is 0 Å². The van der Waals surface area contributed by atoms with Crippen LogP contribution < -0.4 is 14.8 Å². The summed E-state index contributed by atoms with van der Waals surface area (Å²) in [6, 6.07) is 5.34. The fourth-order valence-electron chi connectivity index (χ4n) is 1.93. The summed E-state index contributed by atoms with van der Waals surface area (Å²) in [6.45, 7) is 10.4. The van der Waals surface area contributed by atoms with Crippen LogP contribution in [0.15, 0.2) is 24.8 Å². The van der Waals surface area contributed by atoms with Crippen LogP contribution >= 0.6 is 0 Å². The van der Waals surface area contributed by atoms with E-state index in [0.29, 0.717) is 36.3 Å². The van der Waals surface area contributed by atoms with Crippen molar-refractivity contribution < 1.29 is 24.1 Å². The van der Waals surface area contributed by atoms with Gasteiger partial charge < -0.3 is 24.6 Å². The molecule has 0 radical (unpaired) electrons. The SMILES string of the molecule is C=C(C(=O)OCC)c1ccc(OCC(O)CNC(C)C)c(OC)c1. The van der Waals surface area contributed by atoms with Crippen molar-refractivity contribution in [2.45, 2.75) is 32.9 Å². The Hall–Kier alpha value is -2.05. The maximum atomic E-state index is 11.7. The Morgan fingerprint density at radius 1 is 1.33 bits per heavy atom. The van der Waals surface area contributed by atoms with Crippen molar-refractivity contribution in [1.29, 1.82) is 0 Å². The van der Waals surface area contributed by atoms with Crippen molar-refractivity contribution in [1.82, 2.24) is 5.32 Å². The van der Waals surface area contributed by atoms with Gasteiger partial charge in [0, 0.05) is 12.6 Å². The lowest BCUT2D eigenvalue weighted by molar-refractivity contribution is -0.136. The molecule has 0 heterocycles. The van der Waals surface area contributed by atoms with Crippen LogP contribution in [0.5, 0.6) is 11.5 Å². The molecule has 0 aliphatic rings. The second-order valence-corrected chi connectivity index (χ2v) is 5.59. The molecule has 0 aliphatic carbocycles. The molecule has 0 bridgehead atoms. The number of ether oxygens (including phenoxy) is 3. The molecular formula is C18H27NO5. The highest BCUT2D eigenvalue weighted by molar-refractivity contribution is 6.15. The largest absolute Gasteiger partial charge is 0.493 e. The predicted molar refractivity (Wildman–Crippen MR) is 93.3 cm³/mol. The van der Waals surface area contributed by atoms with Gasteiger partial charge in [-0.2, -0.15) is 0 Å². The molecule has 0 aliphatic heterocycles. The number of hydrogen-bond donors (Lipinski definition) is 2. The highest BCUT2D eigenvalue weighted by Gasteiger charge is 2.15. The molecular weight excluding hydrogens is 310 g/mol. The Morgan fingerprint density at radius 2 is 2.04 bits per heavy atom. The zero-order valence-electron chi connectivity index (χ0n) is 14.8. The summed E-state index contributed by atoms with van der Waals surface area (Å²) >= 11 is 0. The third-order valence-corrected chi connectivity index (χ3v) is 3.23. The molecule has 6 nitrogen and oxygen atoms in total. The van der Waals surface area contributed by atoms with E-state index in [1.54, 1.807) is 25.1 Å². The van der Waals surface area contributed by atoms with E-state index >= 15 is 0 Å². The Balaban J connectivity index is 2.73. The van der Waals surface area contributed by atoms with Crippen molar-refractivity contribution >= 4 is 11.5 Å². The van der Waals surface area contributed by atoms with Crippen LogP contribution in [0.4, 0.5) is 0 Å². The van der Waals surface area contributed by atoms with Gasteiger partial charge in [-0.05, 0) is 24.6 Å². The van der Waals surface area contributed by atoms with Crippen molar-refractivity contribution in [2.75, 3.05) is 26.9 Å². The topological polar surface area (TPSA) is 77.0 Å². The molecule has 0 saturated heterocycles. The number of benzene rings is 1. The van der Waals surface area contributed by atoms with E-state index in [4.69, 9.17) is 14.2 Å². The van der Waals surface area contributed by atoms with Crippen LogP contribution in [0.1, 0.15) is 26.3 Å². The number of carbonyl (C=O) groups is 1. The van der Waals surface area contributed by atoms with Crippen LogP contribution in [-0.2, 0) is 9.53 Å². The smallest absolute Gasteiger partial charge is 0.338 e. The van der Waals surface area contributed by atoms with E-state index < -0.39 is 12.1 Å². The van der Waals surface area contributed by atoms with Crippen molar-refractivity contribution in [3.05, 3.63) is 30.3 Å². The normalized spacial score (nSPS) is 11.9. The highest BCUT2D eigenvalue weighted by atomic mass is 16.5. The third kappa shape index (κ3) is 6.22. The van der Waals surface area contributed by atoms with Crippen molar-refractivity contribution in [3.8, 4) is 11.5 Å². The number of hydrogen-bond acceptors (Lipinski definition) is 6. The molecule has 0 spiro atoms. The second-order valence-electron chi connectivity index (χ2n) is 5.59. The van der Waals surface area contributed by atoms with Crippen LogP contribution in [0.25, 0.3) is 5.57 Å². The first-order valence-electron chi connectivity index (χ1n) is 7.97. The van der Waals surface area contributed by atoms with Gasteiger partial charge >= 0.3 is 5.97 Å². The molecule has 1 unspecified atom stereocenters. The van der Waals surface area contributed by atoms with E-state index in [-0.39, 0.29) is 12.2 Å². The minimum absolute atomic E-state index is 0.133. The molecule has 1 rings (SSSR count). The van der Waals surface area contributed by atoms with E-state index in [1.165, 1.54) is 7.11 Å². The highest BCUT2D eigenvalue weighted by Crippen LogP contribution is 2.30. The maximum Gasteiger partial charge on any atom is 0.338 e. The van der Waals surface area contributed by atoms with Crippen molar-refractivity contribution in [3.63, 3.8) is 0 Å². The lowest BCUT2D eigenvalue weighted by Gasteiger charge is -2.17. The number of rotatable bonds is 10. The van der Waals surface area contributed by atoms with E-state index in [2.05, 4.69) is 11.9 Å². The standard InChI is InChI=1S/C18H27NO5/c1-6-23-18(21)13(4)14-7-8-16(17(9-14)22-5)24-11-15(20)10-19-12(2)3/h7-9,12,15,19-20H,4,6,10-11H2,1-3,5H3. The molecule has 24 heavy (non-hydrogen) atoms. The average Bonchev–Trinajstić information content (AvgIpc) is 2.57. The van der Waals surface area contributed by atoms with Gasteiger partial charge in [-0.25, -0.2) is 4.79 Å². The molecule has 0 fully saturated rings. The monoisotopic (exact) mass is 337 g/mol. The van der Waals surface area contributed by atoms with Gasteiger partial charge in [0.1, 0.15) is 12.7 Å². The Bertz CT molecular complexity index is 556. The zero-order valence-corrected chi connectivity index (χ0v) is 14.8. The summed E-state index contributed by atoms with van der Waals surface area (Å²) in [4.78, 5) is 11.7. The predicted octanol–water partition coefficient (Wildman–Crippen LogP) is 2.01. The molecule has 134 valence electrons. The van der Waals surface area contributed by atoms with Gasteiger partial charge in [0.25, 0.3) is 0 Å². The molecule has 0 saturated carbocycles. The molecule has 6 heteroatoms. The quantitative estimate of drug-likeness (QED) is 0.502. The first-order chi connectivity index (χ1) is 11.4. The van der Waals surface area contributed by atoms with Gasteiger partial charge in [0.05, 0.1) is 19.3 Å². The number of methoxy groups -OCH3 is 1. The van der Waals surface area contributed by atoms with Gasteiger partial charge in [-0.15, -0.1) is 0 Å². The first kappa shape index (κ1) is 20.0. The van der Waals surface area contributed by atoms with Gasteiger partial charge in [0.15, 0.2) is 11.5 Å². The summed E-state index contributed by atoms with van der Waals surface area (Å²) in [5, 5.41) is 13.0. The number of aliphatic hydroxyl groups excluding tert-OH is 1. The Morgan fingerprint density at radius 3 is 2.62 bits per heavy atom. The van der Waals surface area contributed by atoms with Gasteiger partial charge in [-0.1, -0.05) is 26.5 Å². The van der Waals surface area contributed by atoms with Crippen LogP contribution in [-0.4, -0.2) is 50.1 Å². The molecule has 0 aromatic heterocycles. The number of esters is 1. The maximum absolute atomic E-state index is 11.7. The minimum Gasteiger partial charge on any atom is -0.493 e. The number of nitrogens with one attached hydrogen (secondary N) is 1. The van der Waals surface area contributed by atoms with Crippen LogP contribution in [0.3, 0.4) is 0 Å². The molecule has 1 atom stereocenters. The summed E-state index contributed by atoms with van der Waals surface area (Å²) in [5.74, 6) is 0.479. The lowest BCUT2D eigenvalue weighted by atomic mass is 10.1. The minimum atomic E-state index is -0.633. The van der Waals surface area contributed by atoms with Crippen molar-refractivity contribution in [2.24, 2.45) is 0 Å². The fourth-order valence-corrected chi connectivity index (χ4v) is 1.93. The van der Waals surface area contributed by atoms with E-state index in [1.807, 2.05) is 13.8 Å². The molecule has 1 aromatic carbocycles. The van der Waals surface area contributed by atoms with Gasteiger partial charge in [0.2, 0.25) is 0 Å². The Kier molecular flexibility index (Phi) is 8.29. The summed E-state index contributed by atoms with van der Waals surface area (Å²) in [7, 11) is 1.51. The Labute approximate surface area is 143 Å². The van der Waals surface area contributed by atoms with Crippen LogP contribution in [0.2, 0.25) is 0 Å². The molecule has 2 N–H and O–H groups in total. The number of carbonyl (C=O) groups excluding carboxylic acids is 1. The lowest BCUT2D eigenvalue weighted by Crippen LogP contribution is -2.35. The third-order valence-electron chi connectivity index (χ3n) is 3.23. The van der Waals surface area contributed by atoms with E-state index in [9.17, 15) is 9.90 Å². The number of aliphatic hydroxyl groups is 1. The average molecular weight is 337 g/mol. The first-order valence-corrected chi connectivity index (χ1v) is 7.97. The van der Waals surface area contributed by atoms with E-state index in [0.717, 1.165) is 0 Å². The summed E-state index contributed by atoms with van der Waals surface area (Å²) < 4.78 is 15.8. The summed E-state index contributed by atoms with van der Waals surface area (Å²) in [5.41, 5.74) is 0.850.